The zero-order valence-electron chi connectivity index (χ0n) is 12.4. The number of hydrogen-bond donors (Lipinski definition) is 2. The number of halogens is 1. The van der Waals surface area contributed by atoms with Crippen LogP contribution in [0.3, 0.4) is 0 Å². The highest BCUT2D eigenvalue weighted by molar-refractivity contribution is 6.30. The quantitative estimate of drug-likeness (QED) is 0.839. The van der Waals surface area contributed by atoms with E-state index in [1.807, 2.05) is 6.92 Å². The molecule has 1 heterocycles. The molecular weight excluding hydrogens is 306 g/mol. The minimum atomic E-state index is -0.567. The van der Waals surface area contributed by atoms with E-state index >= 15 is 0 Å². The summed E-state index contributed by atoms with van der Waals surface area (Å²) < 4.78 is 0. The molecule has 2 N–H and O–H groups in total. The van der Waals surface area contributed by atoms with Gasteiger partial charge in [-0.2, -0.15) is 4.80 Å². The molecule has 2 unspecified atom stereocenters. The number of nitrogens with zero attached hydrogens (tertiary/aromatic N) is 4. The molecule has 0 saturated heterocycles. The number of aliphatic hydroxyl groups is 1. The number of rotatable bonds is 6. The Bertz CT molecular complexity index is 628. The average Bonchev–Trinajstić information content (AvgIpc) is 2.98. The molecule has 22 heavy (non-hydrogen) atoms. The van der Waals surface area contributed by atoms with Crippen LogP contribution in [0.2, 0.25) is 5.02 Å². The van der Waals surface area contributed by atoms with Crippen molar-refractivity contribution < 1.29 is 9.90 Å². The summed E-state index contributed by atoms with van der Waals surface area (Å²) >= 11 is 5.85. The van der Waals surface area contributed by atoms with Gasteiger partial charge in [-0.15, -0.1) is 10.2 Å². The fourth-order valence-corrected chi connectivity index (χ4v) is 2.04. The van der Waals surface area contributed by atoms with Crippen LogP contribution in [0.4, 0.5) is 0 Å². The fraction of sp³-hybridized carbons (Fsp3) is 0.429. The van der Waals surface area contributed by atoms with Crippen molar-refractivity contribution in [1.29, 1.82) is 0 Å². The minimum absolute atomic E-state index is 0.122. The second-order valence-corrected chi connectivity index (χ2v) is 5.39. The van der Waals surface area contributed by atoms with Crippen molar-refractivity contribution in [2.24, 2.45) is 0 Å². The van der Waals surface area contributed by atoms with Crippen molar-refractivity contribution >= 4 is 17.5 Å². The van der Waals surface area contributed by atoms with E-state index in [0.29, 0.717) is 17.3 Å². The Hall–Kier alpha value is -1.99. The van der Waals surface area contributed by atoms with Gasteiger partial charge in [-0.05, 0) is 42.8 Å². The molecule has 0 aliphatic rings. The van der Waals surface area contributed by atoms with Crippen LogP contribution in [0, 0.1) is 0 Å². The summed E-state index contributed by atoms with van der Waals surface area (Å²) in [5, 5.41) is 24.5. The van der Waals surface area contributed by atoms with Crippen LogP contribution in [0.5, 0.6) is 0 Å². The molecule has 0 spiro atoms. The number of carbonyl (C=O) groups is 1. The molecule has 0 aliphatic heterocycles. The lowest BCUT2D eigenvalue weighted by Crippen LogP contribution is -2.40. The van der Waals surface area contributed by atoms with Crippen LogP contribution < -0.4 is 5.32 Å². The molecular formula is C14H18ClN5O2. The molecule has 1 amide bonds. The zero-order chi connectivity index (χ0) is 16.1. The molecule has 0 saturated carbocycles. The van der Waals surface area contributed by atoms with E-state index in [1.54, 1.807) is 31.2 Å². The number of aliphatic hydroxyl groups excluding tert-OH is 1. The molecule has 1 aromatic carbocycles. The smallest absolute Gasteiger partial charge is 0.247 e. The van der Waals surface area contributed by atoms with Crippen molar-refractivity contribution in [3.63, 3.8) is 0 Å². The monoisotopic (exact) mass is 323 g/mol. The molecule has 8 heteroatoms. The topological polar surface area (TPSA) is 92.9 Å². The van der Waals surface area contributed by atoms with Gasteiger partial charge in [-0.1, -0.05) is 18.5 Å². The third-order valence-corrected chi connectivity index (χ3v) is 3.41. The first-order valence-electron chi connectivity index (χ1n) is 7.01. The predicted molar refractivity (Wildman–Crippen MR) is 82.3 cm³/mol. The van der Waals surface area contributed by atoms with Crippen LogP contribution in [0.25, 0.3) is 11.4 Å². The van der Waals surface area contributed by atoms with Crippen LogP contribution in [-0.2, 0) is 4.79 Å². The average molecular weight is 324 g/mol. The molecule has 1 aromatic heterocycles. The number of carbonyl (C=O) groups excluding carboxylic acids is 1. The molecule has 2 aromatic rings. The number of tetrazole rings is 1. The van der Waals surface area contributed by atoms with Crippen molar-refractivity contribution in [3.8, 4) is 11.4 Å². The summed E-state index contributed by atoms with van der Waals surface area (Å²) in [5.74, 6) is 0.183. The van der Waals surface area contributed by atoms with Crippen molar-refractivity contribution in [2.45, 2.75) is 32.4 Å². The van der Waals surface area contributed by atoms with Crippen molar-refractivity contribution in [1.82, 2.24) is 25.5 Å². The molecule has 0 bridgehead atoms. The molecule has 7 nitrogen and oxygen atoms in total. The Labute approximate surface area is 133 Å². The summed E-state index contributed by atoms with van der Waals surface area (Å²) in [6.45, 7) is 3.46. The Morgan fingerprint density at radius 2 is 2.09 bits per heavy atom. The number of benzene rings is 1. The van der Waals surface area contributed by atoms with Gasteiger partial charge in [0.1, 0.15) is 0 Å². The van der Waals surface area contributed by atoms with Gasteiger partial charge in [0.2, 0.25) is 11.7 Å². The van der Waals surface area contributed by atoms with Gasteiger partial charge in [0.05, 0.1) is 6.61 Å². The summed E-state index contributed by atoms with van der Waals surface area (Å²) in [7, 11) is 0. The maximum Gasteiger partial charge on any atom is 0.247 e. The maximum absolute atomic E-state index is 12.2. The molecule has 0 fully saturated rings. The van der Waals surface area contributed by atoms with Gasteiger partial charge < -0.3 is 10.4 Å². The lowest BCUT2D eigenvalue weighted by molar-refractivity contribution is -0.126. The Morgan fingerprint density at radius 1 is 1.41 bits per heavy atom. The molecule has 0 radical (unpaired) electrons. The summed E-state index contributed by atoms with van der Waals surface area (Å²) in [6, 6.07) is 6.18. The SMILES string of the molecule is CCC(C(=O)NC(C)CO)n1nnc(-c2ccc(Cl)cc2)n1. The lowest BCUT2D eigenvalue weighted by Gasteiger charge is -2.16. The minimum Gasteiger partial charge on any atom is -0.394 e. The molecule has 118 valence electrons. The van der Waals surface area contributed by atoms with Crippen LogP contribution in [0.1, 0.15) is 26.3 Å². The lowest BCUT2D eigenvalue weighted by atomic mass is 10.2. The maximum atomic E-state index is 12.2. The van der Waals surface area contributed by atoms with Crippen LogP contribution in [0.15, 0.2) is 24.3 Å². The Kier molecular flexibility index (Phi) is 5.46. The second-order valence-electron chi connectivity index (χ2n) is 4.96. The van der Waals surface area contributed by atoms with E-state index in [0.717, 1.165) is 5.56 Å². The summed E-state index contributed by atoms with van der Waals surface area (Å²) in [5.41, 5.74) is 0.773. The van der Waals surface area contributed by atoms with Crippen LogP contribution >= 0.6 is 11.6 Å². The highest BCUT2D eigenvalue weighted by Gasteiger charge is 2.23. The van der Waals surface area contributed by atoms with E-state index in [1.165, 1.54) is 4.80 Å². The molecule has 0 aliphatic carbocycles. The number of amides is 1. The number of hydrogen-bond acceptors (Lipinski definition) is 5. The largest absolute Gasteiger partial charge is 0.394 e. The number of aromatic nitrogens is 4. The molecule has 2 atom stereocenters. The fourth-order valence-electron chi connectivity index (χ4n) is 1.91. The van der Waals surface area contributed by atoms with E-state index < -0.39 is 6.04 Å². The van der Waals surface area contributed by atoms with Crippen LogP contribution in [-0.4, -0.2) is 43.9 Å². The van der Waals surface area contributed by atoms with Crippen molar-refractivity contribution in [3.05, 3.63) is 29.3 Å². The Balaban J connectivity index is 2.17. The standard InChI is InChI=1S/C14H18ClN5O2/c1-3-12(14(22)16-9(2)8-21)20-18-13(17-19-20)10-4-6-11(15)7-5-10/h4-7,9,12,21H,3,8H2,1-2H3,(H,16,22). The number of nitrogens with one attached hydrogen (secondary N) is 1. The summed E-state index contributed by atoms with van der Waals surface area (Å²) in [4.78, 5) is 13.5. The first kappa shape index (κ1) is 16.4. The van der Waals surface area contributed by atoms with Gasteiger partial charge in [0, 0.05) is 16.6 Å². The highest BCUT2D eigenvalue weighted by atomic mass is 35.5. The van der Waals surface area contributed by atoms with Gasteiger partial charge >= 0.3 is 0 Å². The van der Waals surface area contributed by atoms with Gasteiger partial charge in [-0.25, -0.2) is 0 Å². The molecule has 2 rings (SSSR count). The van der Waals surface area contributed by atoms with E-state index in [9.17, 15) is 4.79 Å². The first-order valence-corrected chi connectivity index (χ1v) is 7.39. The Morgan fingerprint density at radius 3 is 2.68 bits per heavy atom. The second kappa shape index (κ2) is 7.33. The predicted octanol–water partition coefficient (Wildman–Crippen LogP) is 1.44. The zero-order valence-corrected chi connectivity index (χ0v) is 13.2. The third-order valence-electron chi connectivity index (χ3n) is 3.16. The van der Waals surface area contributed by atoms with E-state index in [4.69, 9.17) is 16.7 Å². The normalized spacial score (nSPS) is 13.6. The van der Waals surface area contributed by atoms with Crippen molar-refractivity contribution in [2.75, 3.05) is 6.61 Å². The summed E-state index contributed by atoms with van der Waals surface area (Å²) in [6.07, 6.45) is 0.514. The van der Waals surface area contributed by atoms with E-state index in [2.05, 4.69) is 20.7 Å². The van der Waals surface area contributed by atoms with Gasteiger partial charge in [0.15, 0.2) is 6.04 Å². The van der Waals surface area contributed by atoms with E-state index in [-0.39, 0.29) is 18.6 Å². The first-order chi connectivity index (χ1) is 10.5. The highest BCUT2D eigenvalue weighted by Crippen LogP contribution is 2.18. The van der Waals surface area contributed by atoms with Gasteiger partial charge in [-0.3, -0.25) is 4.79 Å². The van der Waals surface area contributed by atoms with Gasteiger partial charge in [0.25, 0.3) is 0 Å². The third kappa shape index (κ3) is 3.80.